The summed E-state index contributed by atoms with van der Waals surface area (Å²) < 4.78 is 5.35. The molecule has 0 saturated carbocycles. The lowest BCUT2D eigenvalue weighted by atomic mass is 9.94. The number of carbonyl (C=O) groups excluding carboxylic acids is 1. The molecule has 0 bridgehead atoms. The van der Waals surface area contributed by atoms with Crippen molar-refractivity contribution < 1.29 is 9.53 Å². The van der Waals surface area contributed by atoms with Crippen molar-refractivity contribution in [2.24, 2.45) is 11.6 Å². The molecule has 0 fully saturated rings. The highest BCUT2D eigenvalue weighted by molar-refractivity contribution is 5.81. The van der Waals surface area contributed by atoms with Crippen LogP contribution in [0.5, 0.6) is 5.75 Å². The third-order valence-electron chi connectivity index (χ3n) is 3.26. The number of rotatable bonds is 4. The Morgan fingerprint density at radius 1 is 1.39 bits per heavy atom. The lowest BCUT2D eigenvalue weighted by Crippen LogP contribution is -2.45. The van der Waals surface area contributed by atoms with Gasteiger partial charge in [-0.1, -0.05) is 6.07 Å². The molecule has 0 aromatic heterocycles. The van der Waals surface area contributed by atoms with E-state index in [9.17, 15) is 4.79 Å². The molecule has 0 aliphatic rings. The summed E-state index contributed by atoms with van der Waals surface area (Å²) in [6.45, 7) is 5.97. The molecule has 0 heterocycles. The Kier molecular flexibility index (Phi) is 4.69. The number of hydrogen-bond acceptors (Lipinski definition) is 4. The Hall–Kier alpha value is -1.59. The molecule has 18 heavy (non-hydrogen) atoms. The second kappa shape index (κ2) is 5.84. The van der Waals surface area contributed by atoms with Crippen LogP contribution in [0.15, 0.2) is 6.07 Å². The largest absolute Gasteiger partial charge is 0.496 e. The van der Waals surface area contributed by atoms with Crippen molar-refractivity contribution >= 4 is 5.91 Å². The number of nitrogens with two attached hydrogens (primary N) is 2. The van der Waals surface area contributed by atoms with Gasteiger partial charge in [-0.15, -0.1) is 0 Å². The zero-order valence-electron chi connectivity index (χ0n) is 11.3. The number of methoxy groups -OCH3 is 1. The molecule has 1 aromatic carbocycles. The topological polar surface area (TPSA) is 90.4 Å². The molecule has 0 aliphatic carbocycles. The van der Waals surface area contributed by atoms with Crippen molar-refractivity contribution in [2.75, 3.05) is 7.11 Å². The van der Waals surface area contributed by atoms with E-state index >= 15 is 0 Å². The van der Waals surface area contributed by atoms with Crippen molar-refractivity contribution in [3.8, 4) is 5.75 Å². The molecule has 0 saturated heterocycles. The van der Waals surface area contributed by atoms with E-state index in [-0.39, 0.29) is 5.91 Å². The third-order valence-corrected chi connectivity index (χ3v) is 3.26. The standard InChI is InChI=1S/C13H21N3O2/c1-7-5-10(6-11(14)13(17)16-15)8(2)9(3)12(7)18-4/h5,11H,6,14-15H2,1-4H3,(H,16,17). The Balaban J connectivity index is 3.08. The second-order valence-electron chi connectivity index (χ2n) is 4.46. The Morgan fingerprint density at radius 3 is 2.50 bits per heavy atom. The average Bonchev–Trinajstić information content (AvgIpc) is 2.35. The van der Waals surface area contributed by atoms with E-state index in [0.29, 0.717) is 6.42 Å². The number of carbonyl (C=O) groups is 1. The van der Waals surface area contributed by atoms with Crippen LogP contribution in [0.4, 0.5) is 0 Å². The number of aryl methyl sites for hydroxylation is 1. The van der Waals surface area contributed by atoms with Gasteiger partial charge in [0.2, 0.25) is 0 Å². The third kappa shape index (κ3) is 2.80. The van der Waals surface area contributed by atoms with Gasteiger partial charge < -0.3 is 10.5 Å². The Labute approximate surface area is 107 Å². The van der Waals surface area contributed by atoms with Crippen LogP contribution < -0.4 is 21.7 Å². The average molecular weight is 251 g/mol. The van der Waals surface area contributed by atoms with E-state index < -0.39 is 6.04 Å². The maximum absolute atomic E-state index is 11.3. The van der Waals surface area contributed by atoms with Crippen LogP contribution in [-0.4, -0.2) is 19.1 Å². The first kappa shape index (κ1) is 14.5. The summed E-state index contributed by atoms with van der Waals surface area (Å²) in [5, 5.41) is 0. The number of ether oxygens (including phenoxy) is 1. The maximum atomic E-state index is 11.3. The van der Waals surface area contributed by atoms with Gasteiger partial charge in [-0.25, -0.2) is 5.84 Å². The molecule has 1 amide bonds. The van der Waals surface area contributed by atoms with Crippen LogP contribution in [0.3, 0.4) is 0 Å². The van der Waals surface area contributed by atoms with Gasteiger partial charge in [0.1, 0.15) is 5.75 Å². The summed E-state index contributed by atoms with van der Waals surface area (Å²) in [7, 11) is 1.65. The fraction of sp³-hybridized carbons (Fsp3) is 0.462. The van der Waals surface area contributed by atoms with Gasteiger partial charge in [-0.05, 0) is 49.4 Å². The smallest absolute Gasteiger partial charge is 0.251 e. The SMILES string of the molecule is COc1c(C)cc(CC(N)C(=O)NN)c(C)c1C. The number of nitrogens with one attached hydrogen (secondary N) is 1. The van der Waals surface area contributed by atoms with Crippen molar-refractivity contribution in [1.82, 2.24) is 5.43 Å². The predicted octanol–water partition coefficient (Wildman–Crippen LogP) is 0.480. The van der Waals surface area contributed by atoms with Crippen LogP contribution >= 0.6 is 0 Å². The minimum atomic E-state index is -0.638. The number of hydrogen-bond donors (Lipinski definition) is 3. The van der Waals surface area contributed by atoms with Gasteiger partial charge in [0.15, 0.2) is 0 Å². The minimum absolute atomic E-state index is 0.361. The molecule has 1 aromatic rings. The quantitative estimate of drug-likeness (QED) is 0.412. The van der Waals surface area contributed by atoms with E-state index in [2.05, 4.69) is 5.43 Å². The first-order valence-corrected chi connectivity index (χ1v) is 5.82. The first-order valence-electron chi connectivity index (χ1n) is 5.82. The maximum Gasteiger partial charge on any atom is 0.251 e. The van der Waals surface area contributed by atoms with E-state index in [1.165, 1.54) is 0 Å². The molecule has 5 N–H and O–H groups in total. The minimum Gasteiger partial charge on any atom is -0.496 e. The molecular formula is C13H21N3O2. The molecular weight excluding hydrogens is 230 g/mol. The second-order valence-corrected chi connectivity index (χ2v) is 4.46. The molecule has 5 heteroatoms. The van der Waals surface area contributed by atoms with Gasteiger partial charge >= 0.3 is 0 Å². The van der Waals surface area contributed by atoms with Crippen molar-refractivity contribution in [3.63, 3.8) is 0 Å². The van der Waals surface area contributed by atoms with E-state index in [1.807, 2.05) is 26.8 Å². The Morgan fingerprint density at radius 2 is 2.00 bits per heavy atom. The van der Waals surface area contributed by atoms with Gasteiger partial charge in [0.25, 0.3) is 5.91 Å². The van der Waals surface area contributed by atoms with Gasteiger partial charge in [-0.2, -0.15) is 0 Å². The summed E-state index contributed by atoms with van der Waals surface area (Å²) in [4.78, 5) is 11.3. The fourth-order valence-corrected chi connectivity index (χ4v) is 2.10. The first-order chi connectivity index (χ1) is 8.42. The summed E-state index contributed by atoms with van der Waals surface area (Å²) >= 11 is 0. The molecule has 100 valence electrons. The zero-order chi connectivity index (χ0) is 13.9. The summed E-state index contributed by atoms with van der Waals surface area (Å²) in [5.41, 5.74) is 12.1. The lowest BCUT2D eigenvalue weighted by Gasteiger charge is -2.17. The number of benzene rings is 1. The van der Waals surface area contributed by atoms with Crippen LogP contribution in [0.1, 0.15) is 22.3 Å². The molecule has 0 aliphatic heterocycles. The van der Waals surface area contributed by atoms with Crippen LogP contribution in [0, 0.1) is 20.8 Å². The summed E-state index contributed by atoms with van der Waals surface area (Å²) in [6.07, 6.45) is 0.459. The van der Waals surface area contributed by atoms with Crippen LogP contribution in [0.2, 0.25) is 0 Å². The zero-order valence-corrected chi connectivity index (χ0v) is 11.3. The molecule has 5 nitrogen and oxygen atoms in total. The highest BCUT2D eigenvalue weighted by atomic mass is 16.5. The Bertz CT molecular complexity index is 458. The molecule has 0 radical (unpaired) electrons. The molecule has 1 atom stereocenters. The van der Waals surface area contributed by atoms with E-state index in [0.717, 1.165) is 28.0 Å². The molecule has 0 spiro atoms. The van der Waals surface area contributed by atoms with Gasteiger partial charge in [-0.3, -0.25) is 10.2 Å². The van der Waals surface area contributed by atoms with Crippen molar-refractivity contribution in [3.05, 3.63) is 28.3 Å². The van der Waals surface area contributed by atoms with Crippen molar-refractivity contribution in [2.45, 2.75) is 33.2 Å². The van der Waals surface area contributed by atoms with Gasteiger partial charge in [0.05, 0.1) is 13.2 Å². The van der Waals surface area contributed by atoms with E-state index in [4.69, 9.17) is 16.3 Å². The summed E-state index contributed by atoms with van der Waals surface area (Å²) in [5.74, 6) is 5.59. The van der Waals surface area contributed by atoms with Crippen LogP contribution in [0.25, 0.3) is 0 Å². The molecule has 1 unspecified atom stereocenters. The fourth-order valence-electron chi connectivity index (χ4n) is 2.10. The normalized spacial score (nSPS) is 12.1. The predicted molar refractivity (Wildman–Crippen MR) is 71.2 cm³/mol. The number of amides is 1. The number of hydrazine groups is 1. The van der Waals surface area contributed by atoms with E-state index in [1.54, 1.807) is 7.11 Å². The lowest BCUT2D eigenvalue weighted by molar-refractivity contribution is -0.122. The molecule has 1 rings (SSSR count). The van der Waals surface area contributed by atoms with Crippen molar-refractivity contribution in [1.29, 1.82) is 0 Å². The summed E-state index contributed by atoms with van der Waals surface area (Å²) in [6, 6.07) is 1.37. The monoisotopic (exact) mass is 251 g/mol. The van der Waals surface area contributed by atoms with Gasteiger partial charge in [0, 0.05) is 0 Å². The highest BCUT2D eigenvalue weighted by Gasteiger charge is 2.17. The highest BCUT2D eigenvalue weighted by Crippen LogP contribution is 2.28. The van der Waals surface area contributed by atoms with Crippen LogP contribution in [-0.2, 0) is 11.2 Å².